The Morgan fingerprint density at radius 2 is 2.40 bits per heavy atom. The van der Waals surface area contributed by atoms with E-state index >= 15 is 0 Å². The lowest BCUT2D eigenvalue weighted by Gasteiger charge is -2.34. The third-order valence-electron chi connectivity index (χ3n) is 3.11. The van der Waals surface area contributed by atoms with Crippen LogP contribution in [0.2, 0.25) is 0 Å². The zero-order chi connectivity index (χ0) is 10.8. The Hall–Kier alpha value is -0.870. The van der Waals surface area contributed by atoms with Crippen LogP contribution in [0.5, 0.6) is 0 Å². The monoisotopic (exact) mass is 209 g/mol. The average Bonchev–Trinajstić information content (AvgIpc) is 2.58. The molecule has 1 fully saturated rings. The molecule has 0 saturated carbocycles. The molecule has 1 aliphatic rings. The van der Waals surface area contributed by atoms with Crippen LogP contribution in [0, 0.1) is 5.92 Å². The number of aliphatic hydroxyl groups excluding tert-OH is 1. The van der Waals surface area contributed by atoms with Crippen LogP contribution in [0.15, 0.2) is 12.4 Å². The Morgan fingerprint density at radius 3 is 3.00 bits per heavy atom. The average molecular weight is 209 g/mol. The first-order chi connectivity index (χ1) is 7.15. The molecule has 1 aromatic heterocycles. The van der Waals surface area contributed by atoms with Crippen LogP contribution in [-0.2, 0) is 13.6 Å². The second-order valence-electron chi connectivity index (χ2n) is 4.59. The van der Waals surface area contributed by atoms with Crippen LogP contribution in [0.3, 0.4) is 0 Å². The molecule has 4 heteroatoms. The van der Waals surface area contributed by atoms with E-state index in [0.717, 1.165) is 26.1 Å². The molecule has 1 aromatic rings. The van der Waals surface area contributed by atoms with Gasteiger partial charge in [-0.1, -0.05) is 6.92 Å². The van der Waals surface area contributed by atoms with Crippen molar-refractivity contribution in [3.8, 4) is 0 Å². The third kappa shape index (κ3) is 2.58. The molecule has 0 aliphatic carbocycles. The van der Waals surface area contributed by atoms with Crippen LogP contribution in [0.1, 0.15) is 18.9 Å². The lowest BCUT2D eigenvalue weighted by molar-refractivity contribution is 0.0320. The van der Waals surface area contributed by atoms with Gasteiger partial charge in [-0.15, -0.1) is 0 Å². The normalized spacial score (nSPS) is 28.2. The number of nitrogens with zero attached hydrogens (tertiary/aromatic N) is 3. The van der Waals surface area contributed by atoms with Gasteiger partial charge in [-0.05, 0) is 12.3 Å². The van der Waals surface area contributed by atoms with E-state index in [1.165, 1.54) is 5.56 Å². The number of rotatable bonds is 2. The topological polar surface area (TPSA) is 41.3 Å². The fourth-order valence-corrected chi connectivity index (χ4v) is 2.17. The molecule has 2 heterocycles. The van der Waals surface area contributed by atoms with E-state index in [1.807, 2.05) is 17.9 Å². The van der Waals surface area contributed by atoms with Gasteiger partial charge >= 0.3 is 0 Å². The van der Waals surface area contributed by atoms with Gasteiger partial charge in [0.05, 0.1) is 12.3 Å². The molecule has 2 atom stereocenters. The molecule has 0 amide bonds. The van der Waals surface area contributed by atoms with Gasteiger partial charge in [0.25, 0.3) is 0 Å². The number of aliphatic hydroxyl groups is 1. The maximum atomic E-state index is 9.62. The summed E-state index contributed by atoms with van der Waals surface area (Å²) in [6, 6.07) is 0. The zero-order valence-electron chi connectivity index (χ0n) is 9.43. The molecule has 1 N–H and O–H groups in total. The lowest BCUT2D eigenvalue weighted by Crippen LogP contribution is -2.41. The molecule has 1 saturated heterocycles. The molecule has 0 aromatic carbocycles. The summed E-state index contributed by atoms with van der Waals surface area (Å²) in [7, 11) is 1.94. The van der Waals surface area contributed by atoms with E-state index in [1.54, 1.807) is 0 Å². The Balaban J connectivity index is 1.90. The maximum absolute atomic E-state index is 9.62. The van der Waals surface area contributed by atoms with Crippen molar-refractivity contribution in [3.63, 3.8) is 0 Å². The van der Waals surface area contributed by atoms with Crippen LogP contribution >= 0.6 is 0 Å². The fraction of sp³-hybridized carbons (Fsp3) is 0.727. The highest BCUT2D eigenvalue weighted by molar-refractivity contribution is 5.03. The van der Waals surface area contributed by atoms with Gasteiger partial charge in [0.1, 0.15) is 0 Å². The fourth-order valence-electron chi connectivity index (χ4n) is 2.17. The first kappa shape index (κ1) is 10.6. The molecule has 1 aliphatic heterocycles. The summed E-state index contributed by atoms with van der Waals surface area (Å²) in [4.78, 5) is 2.38. The van der Waals surface area contributed by atoms with Crippen LogP contribution < -0.4 is 0 Å². The molecular weight excluding hydrogens is 190 g/mol. The molecule has 15 heavy (non-hydrogen) atoms. The molecule has 2 rings (SSSR count). The van der Waals surface area contributed by atoms with E-state index in [0.29, 0.717) is 5.92 Å². The van der Waals surface area contributed by atoms with Gasteiger partial charge < -0.3 is 5.11 Å². The number of aryl methyl sites for hydroxylation is 1. The largest absolute Gasteiger partial charge is 0.393 e. The van der Waals surface area contributed by atoms with E-state index in [2.05, 4.69) is 23.1 Å². The Labute approximate surface area is 90.5 Å². The van der Waals surface area contributed by atoms with Crippen molar-refractivity contribution in [2.45, 2.75) is 26.0 Å². The summed E-state index contributed by atoms with van der Waals surface area (Å²) in [5.74, 6) is 0.385. The highest BCUT2D eigenvalue weighted by atomic mass is 16.3. The first-order valence-corrected chi connectivity index (χ1v) is 5.53. The first-order valence-electron chi connectivity index (χ1n) is 5.53. The number of aromatic nitrogens is 2. The van der Waals surface area contributed by atoms with Gasteiger partial charge in [-0.2, -0.15) is 5.10 Å². The maximum Gasteiger partial charge on any atom is 0.0590 e. The predicted molar refractivity (Wildman–Crippen MR) is 58.3 cm³/mol. The molecule has 84 valence electrons. The minimum Gasteiger partial charge on any atom is -0.393 e. The number of hydrogen-bond donors (Lipinski definition) is 1. The van der Waals surface area contributed by atoms with Gasteiger partial charge in [0.15, 0.2) is 0 Å². The molecule has 4 nitrogen and oxygen atoms in total. The highest BCUT2D eigenvalue weighted by Crippen LogP contribution is 2.18. The predicted octanol–water partition coefficient (Wildman–Crippen LogP) is 0.623. The number of likely N-dealkylation sites (tertiary alicyclic amines) is 1. The van der Waals surface area contributed by atoms with Crippen molar-refractivity contribution in [2.24, 2.45) is 13.0 Å². The zero-order valence-corrected chi connectivity index (χ0v) is 9.43. The minimum absolute atomic E-state index is 0.116. The van der Waals surface area contributed by atoms with E-state index in [4.69, 9.17) is 0 Å². The highest BCUT2D eigenvalue weighted by Gasteiger charge is 2.24. The molecular formula is C11H19N3O. The third-order valence-corrected chi connectivity index (χ3v) is 3.11. The van der Waals surface area contributed by atoms with E-state index < -0.39 is 0 Å². The summed E-state index contributed by atoms with van der Waals surface area (Å²) in [5, 5.41) is 13.8. The van der Waals surface area contributed by atoms with Gasteiger partial charge in [0, 0.05) is 38.4 Å². The van der Waals surface area contributed by atoms with Crippen molar-refractivity contribution >= 4 is 0 Å². The summed E-state index contributed by atoms with van der Waals surface area (Å²) >= 11 is 0. The SMILES string of the molecule is CC1CN(Cc2cnn(C)c2)CCC1O. The summed E-state index contributed by atoms with van der Waals surface area (Å²) in [6.45, 7) is 5.03. The molecule has 0 radical (unpaired) electrons. The lowest BCUT2D eigenvalue weighted by atomic mass is 9.96. The van der Waals surface area contributed by atoms with Crippen molar-refractivity contribution < 1.29 is 5.11 Å². The summed E-state index contributed by atoms with van der Waals surface area (Å²) in [6.07, 6.45) is 4.74. The van der Waals surface area contributed by atoms with Gasteiger partial charge in [-0.3, -0.25) is 9.58 Å². The van der Waals surface area contributed by atoms with Gasteiger partial charge in [-0.25, -0.2) is 0 Å². The second kappa shape index (κ2) is 4.33. The Morgan fingerprint density at radius 1 is 1.60 bits per heavy atom. The van der Waals surface area contributed by atoms with Crippen molar-refractivity contribution in [1.82, 2.24) is 14.7 Å². The Bertz CT molecular complexity index is 323. The van der Waals surface area contributed by atoms with Gasteiger partial charge in [0.2, 0.25) is 0 Å². The van der Waals surface area contributed by atoms with E-state index in [9.17, 15) is 5.11 Å². The minimum atomic E-state index is -0.116. The Kier molecular flexibility index (Phi) is 3.07. The summed E-state index contributed by atoms with van der Waals surface area (Å²) in [5.41, 5.74) is 1.25. The molecule has 0 bridgehead atoms. The van der Waals surface area contributed by atoms with E-state index in [-0.39, 0.29) is 6.10 Å². The second-order valence-corrected chi connectivity index (χ2v) is 4.59. The van der Waals surface area contributed by atoms with Crippen LogP contribution in [-0.4, -0.2) is 39.0 Å². The van der Waals surface area contributed by atoms with Crippen molar-refractivity contribution in [1.29, 1.82) is 0 Å². The van der Waals surface area contributed by atoms with Crippen molar-refractivity contribution in [3.05, 3.63) is 18.0 Å². The number of piperidine rings is 1. The van der Waals surface area contributed by atoms with Crippen LogP contribution in [0.4, 0.5) is 0 Å². The smallest absolute Gasteiger partial charge is 0.0590 e. The molecule has 2 unspecified atom stereocenters. The summed E-state index contributed by atoms with van der Waals surface area (Å²) < 4.78 is 1.83. The quantitative estimate of drug-likeness (QED) is 0.776. The molecule has 0 spiro atoms. The number of hydrogen-bond acceptors (Lipinski definition) is 3. The standard InChI is InChI=1S/C11H19N3O/c1-9-6-14(4-3-11(9)15)8-10-5-12-13(2)7-10/h5,7,9,11,15H,3-4,6,8H2,1-2H3. The van der Waals surface area contributed by atoms with Crippen molar-refractivity contribution in [2.75, 3.05) is 13.1 Å². The van der Waals surface area contributed by atoms with Crippen LogP contribution in [0.25, 0.3) is 0 Å².